The fraction of sp³-hybridized carbons (Fsp3) is 0.417. The van der Waals surface area contributed by atoms with E-state index in [-0.39, 0.29) is 30.4 Å². The van der Waals surface area contributed by atoms with Gasteiger partial charge in [-0.25, -0.2) is 13.1 Å². The summed E-state index contributed by atoms with van der Waals surface area (Å²) in [6.07, 6.45) is 4.39. The van der Waals surface area contributed by atoms with Crippen molar-refractivity contribution in [3.63, 3.8) is 0 Å². The zero-order valence-electron chi connectivity index (χ0n) is 20.6. The number of carbonyl (C=O) groups excluding carboxylic acids is 2. The smallest absolute Gasteiger partial charge is 0.241 e. The van der Waals surface area contributed by atoms with Crippen molar-refractivity contribution in [3.8, 4) is 0 Å². The lowest BCUT2D eigenvalue weighted by atomic mass is 10.1. The van der Waals surface area contributed by atoms with Crippen molar-refractivity contribution >= 4 is 60.4 Å². The number of nitrogens with one attached hydrogen (secondary N) is 2. The average molecular weight is 539 g/mol. The van der Waals surface area contributed by atoms with Gasteiger partial charge < -0.3 is 15.1 Å². The molecule has 8 nitrogen and oxygen atoms in total. The Bertz CT molecular complexity index is 1120. The number of anilines is 1. The van der Waals surface area contributed by atoms with Crippen LogP contribution in [0.5, 0.6) is 0 Å². The second-order valence-electron chi connectivity index (χ2n) is 8.13. The largest absolute Gasteiger partial charge is 0.377 e. The molecule has 0 radical (unpaired) electrons. The average Bonchev–Trinajstić information content (AvgIpc) is 2.83. The van der Waals surface area contributed by atoms with E-state index in [4.69, 9.17) is 0 Å². The lowest BCUT2D eigenvalue weighted by molar-refractivity contribution is -0.126. The SMILES string of the molecule is CCCC(C)SSC=CN(C=O)CC(=O)NCCNS(=O)(=O)c1cccc2c(N(C)C)cccc12. The van der Waals surface area contributed by atoms with E-state index in [0.717, 1.165) is 23.9 Å². The summed E-state index contributed by atoms with van der Waals surface area (Å²) in [5.74, 6) is -0.376. The molecule has 1 unspecified atom stereocenters. The van der Waals surface area contributed by atoms with Crippen LogP contribution in [0.15, 0.2) is 52.9 Å². The predicted octanol–water partition coefficient (Wildman–Crippen LogP) is 3.80. The maximum absolute atomic E-state index is 12.9. The summed E-state index contributed by atoms with van der Waals surface area (Å²) in [4.78, 5) is 26.8. The molecule has 0 saturated carbocycles. The molecule has 0 saturated heterocycles. The van der Waals surface area contributed by atoms with Gasteiger partial charge in [-0.3, -0.25) is 9.59 Å². The molecule has 0 aliphatic carbocycles. The molecule has 0 fully saturated rings. The monoisotopic (exact) mass is 538 g/mol. The Labute approximate surface area is 216 Å². The van der Waals surface area contributed by atoms with Crippen molar-refractivity contribution in [2.75, 3.05) is 38.6 Å². The fourth-order valence-corrected chi connectivity index (χ4v) is 6.63. The van der Waals surface area contributed by atoms with Gasteiger partial charge in [0.15, 0.2) is 0 Å². The van der Waals surface area contributed by atoms with Crippen molar-refractivity contribution in [2.45, 2.75) is 36.8 Å². The van der Waals surface area contributed by atoms with Gasteiger partial charge in [0.1, 0.15) is 6.54 Å². The molecule has 0 bridgehead atoms. The van der Waals surface area contributed by atoms with Gasteiger partial charge in [-0.1, -0.05) is 66.1 Å². The summed E-state index contributed by atoms with van der Waals surface area (Å²) >= 11 is 0. The van der Waals surface area contributed by atoms with Crippen molar-refractivity contribution in [3.05, 3.63) is 48.0 Å². The summed E-state index contributed by atoms with van der Waals surface area (Å²) < 4.78 is 28.4. The molecule has 0 heterocycles. The first-order valence-electron chi connectivity index (χ1n) is 11.3. The van der Waals surface area contributed by atoms with Gasteiger partial charge in [0, 0.05) is 55.1 Å². The van der Waals surface area contributed by atoms with Gasteiger partial charge >= 0.3 is 0 Å². The molecule has 1 atom stereocenters. The molecule has 0 aliphatic heterocycles. The van der Waals surface area contributed by atoms with Crippen LogP contribution in [0.1, 0.15) is 26.7 Å². The first-order valence-corrected chi connectivity index (χ1v) is 15.1. The maximum atomic E-state index is 12.9. The highest BCUT2D eigenvalue weighted by atomic mass is 33.1. The second-order valence-corrected chi connectivity index (χ2v) is 12.5. The Morgan fingerprint density at radius 3 is 2.51 bits per heavy atom. The van der Waals surface area contributed by atoms with Crippen molar-refractivity contribution < 1.29 is 18.0 Å². The van der Waals surface area contributed by atoms with Crippen LogP contribution < -0.4 is 14.9 Å². The highest BCUT2D eigenvalue weighted by molar-refractivity contribution is 8.78. The van der Waals surface area contributed by atoms with Crippen LogP contribution in [-0.4, -0.2) is 64.6 Å². The lowest BCUT2D eigenvalue weighted by Crippen LogP contribution is -2.39. The van der Waals surface area contributed by atoms with Crippen molar-refractivity contribution in [1.82, 2.24) is 14.9 Å². The van der Waals surface area contributed by atoms with Gasteiger partial charge in [-0.2, -0.15) is 0 Å². The highest BCUT2D eigenvalue weighted by Crippen LogP contribution is 2.31. The van der Waals surface area contributed by atoms with E-state index in [1.165, 1.54) is 15.7 Å². The zero-order chi connectivity index (χ0) is 25.8. The molecule has 0 spiro atoms. The molecule has 35 heavy (non-hydrogen) atoms. The van der Waals surface area contributed by atoms with Gasteiger partial charge in [-0.05, 0) is 24.0 Å². The molecule has 11 heteroatoms. The molecule has 2 N–H and O–H groups in total. The van der Waals surface area contributed by atoms with Gasteiger partial charge in [0.2, 0.25) is 22.3 Å². The summed E-state index contributed by atoms with van der Waals surface area (Å²) in [7, 11) is 3.26. The Kier molecular flexibility index (Phi) is 11.9. The third-order valence-corrected chi connectivity index (χ3v) is 9.13. The Morgan fingerprint density at radius 2 is 1.83 bits per heavy atom. The van der Waals surface area contributed by atoms with Crippen LogP contribution in [0, 0.1) is 0 Å². The zero-order valence-corrected chi connectivity index (χ0v) is 23.0. The van der Waals surface area contributed by atoms with E-state index in [1.807, 2.05) is 37.2 Å². The van der Waals surface area contributed by atoms with E-state index in [1.54, 1.807) is 40.6 Å². The minimum Gasteiger partial charge on any atom is -0.377 e. The van der Waals surface area contributed by atoms with E-state index in [9.17, 15) is 18.0 Å². The maximum Gasteiger partial charge on any atom is 0.241 e. The number of carbonyl (C=O) groups is 2. The summed E-state index contributed by atoms with van der Waals surface area (Å²) in [6.45, 7) is 4.27. The first-order chi connectivity index (χ1) is 16.7. The Morgan fingerprint density at radius 1 is 1.11 bits per heavy atom. The predicted molar refractivity (Wildman–Crippen MR) is 148 cm³/mol. The molecule has 0 aromatic heterocycles. The van der Waals surface area contributed by atoms with Crippen LogP contribution in [0.2, 0.25) is 0 Å². The molecule has 2 amide bonds. The molecule has 2 aromatic rings. The van der Waals surface area contributed by atoms with Crippen molar-refractivity contribution in [1.29, 1.82) is 0 Å². The van der Waals surface area contributed by atoms with Crippen LogP contribution in [0.3, 0.4) is 0 Å². The molecular formula is C24H34N4O4S3. The van der Waals surface area contributed by atoms with Gasteiger partial charge in [0.25, 0.3) is 0 Å². The minimum absolute atomic E-state index is 0.0244. The number of rotatable bonds is 15. The van der Waals surface area contributed by atoms with Gasteiger partial charge in [0.05, 0.1) is 4.90 Å². The standard InChI is InChI=1S/C24H34N4O4S3/c1-5-8-19(2)34-33-16-15-28(18-29)17-24(30)25-13-14-26-35(31,32)23-12-7-9-20-21(23)10-6-11-22(20)27(3)4/h6-7,9-12,15-16,18-19,26H,5,8,13-14,17H2,1-4H3,(H,25,30). The Hall–Kier alpha value is -2.21. The number of nitrogens with zero attached hydrogens (tertiary/aromatic N) is 2. The molecular weight excluding hydrogens is 504 g/mol. The Balaban J connectivity index is 1.87. The second kappa shape index (κ2) is 14.4. The molecule has 0 aliphatic rings. The van der Waals surface area contributed by atoms with Crippen LogP contribution in [0.25, 0.3) is 10.8 Å². The van der Waals surface area contributed by atoms with E-state index in [2.05, 4.69) is 23.9 Å². The lowest BCUT2D eigenvalue weighted by Gasteiger charge is -2.17. The summed E-state index contributed by atoms with van der Waals surface area (Å²) in [5, 5.41) is 6.39. The normalized spacial score (nSPS) is 12.6. The molecule has 2 rings (SSSR count). The minimum atomic E-state index is -3.78. The third-order valence-electron chi connectivity index (χ3n) is 5.05. The first kappa shape index (κ1) is 29.0. The van der Waals surface area contributed by atoms with Crippen LogP contribution >= 0.6 is 21.6 Å². The number of hydrogen-bond donors (Lipinski definition) is 2. The van der Waals surface area contributed by atoms with E-state index >= 15 is 0 Å². The number of benzene rings is 2. The van der Waals surface area contributed by atoms with Crippen LogP contribution in [0.4, 0.5) is 5.69 Å². The summed E-state index contributed by atoms with van der Waals surface area (Å²) in [6, 6.07) is 10.7. The van der Waals surface area contributed by atoms with Crippen LogP contribution in [-0.2, 0) is 19.6 Å². The molecule has 192 valence electrons. The van der Waals surface area contributed by atoms with Crippen molar-refractivity contribution in [2.24, 2.45) is 0 Å². The third kappa shape index (κ3) is 9.06. The van der Waals surface area contributed by atoms with Gasteiger partial charge in [-0.15, -0.1) is 0 Å². The number of amides is 2. The highest BCUT2D eigenvalue weighted by Gasteiger charge is 2.18. The number of sulfonamides is 1. The van der Waals surface area contributed by atoms with E-state index in [0.29, 0.717) is 17.0 Å². The quantitative estimate of drug-likeness (QED) is 0.202. The topological polar surface area (TPSA) is 98.8 Å². The summed E-state index contributed by atoms with van der Waals surface area (Å²) in [5.41, 5.74) is 0.924. The number of fused-ring (bicyclic) bond motifs is 1. The van der Waals surface area contributed by atoms with E-state index < -0.39 is 10.0 Å². The fourth-order valence-electron chi connectivity index (χ4n) is 3.39. The molecule has 2 aromatic carbocycles. The number of hydrogen-bond acceptors (Lipinski definition) is 7.